The SMILES string of the molecule is CCC(CC)Nc1nc(NCCC2CCCCN2)nc2c1ncn2[C@@H]1O[C@H](c2nnc(C3CC3)o2)[C@@H](OC=O)[C@H]1OC=O. The van der Waals surface area contributed by atoms with Crippen LogP contribution in [0.3, 0.4) is 0 Å². The largest absolute Gasteiger partial charge is 0.457 e. The molecule has 43 heavy (non-hydrogen) atoms. The lowest BCUT2D eigenvalue weighted by molar-refractivity contribution is -0.151. The predicted molar refractivity (Wildman–Crippen MR) is 153 cm³/mol. The minimum Gasteiger partial charge on any atom is -0.457 e. The van der Waals surface area contributed by atoms with E-state index >= 15 is 0 Å². The maximum atomic E-state index is 11.6. The lowest BCUT2D eigenvalue weighted by Gasteiger charge is -2.23. The lowest BCUT2D eigenvalue weighted by atomic mass is 10.0. The highest BCUT2D eigenvalue weighted by Crippen LogP contribution is 2.45. The third-order valence-electron chi connectivity index (χ3n) is 8.45. The topological polar surface area (TPSA) is 180 Å². The highest BCUT2D eigenvalue weighted by atomic mass is 16.6. The molecule has 0 aromatic carbocycles. The number of imidazole rings is 1. The molecule has 6 rings (SSSR count). The number of anilines is 2. The van der Waals surface area contributed by atoms with Crippen molar-refractivity contribution in [2.24, 2.45) is 0 Å². The molecule has 232 valence electrons. The van der Waals surface area contributed by atoms with E-state index in [1.165, 1.54) is 12.8 Å². The molecule has 1 saturated carbocycles. The number of aromatic nitrogens is 6. The Labute approximate surface area is 248 Å². The monoisotopic (exact) mass is 597 g/mol. The Bertz CT molecular complexity index is 1380. The van der Waals surface area contributed by atoms with Crippen molar-refractivity contribution in [2.45, 2.75) is 108 Å². The van der Waals surface area contributed by atoms with E-state index in [4.69, 9.17) is 28.6 Å². The average molecular weight is 598 g/mol. The molecule has 3 aromatic heterocycles. The minimum atomic E-state index is -1.04. The summed E-state index contributed by atoms with van der Waals surface area (Å²) in [6.45, 7) is 6.55. The fraction of sp³-hybridized carbons (Fsp3) is 0.679. The third kappa shape index (κ3) is 6.27. The Morgan fingerprint density at radius 1 is 1.07 bits per heavy atom. The van der Waals surface area contributed by atoms with Gasteiger partial charge >= 0.3 is 0 Å². The van der Waals surface area contributed by atoms with Crippen LogP contribution in [-0.2, 0) is 23.8 Å². The van der Waals surface area contributed by atoms with Gasteiger partial charge in [-0.25, -0.2) is 4.98 Å². The van der Waals surface area contributed by atoms with Crippen molar-refractivity contribution in [3.63, 3.8) is 0 Å². The molecule has 1 aliphatic carbocycles. The fourth-order valence-corrected chi connectivity index (χ4v) is 5.84. The highest BCUT2D eigenvalue weighted by molar-refractivity contribution is 5.84. The molecule has 0 bridgehead atoms. The number of carbonyl (C=O) groups excluding carboxylic acids is 2. The Balaban J connectivity index is 1.33. The van der Waals surface area contributed by atoms with Crippen LogP contribution in [0.5, 0.6) is 0 Å². The zero-order valence-corrected chi connectivity index (χ0v) is 24.5. The number of fused-ring (bicyclic) bond motifs is 1. The molecule has 2 saturated heterocycles. The normalized spacial score (nSPS) is 25.6. The van der Waals surface area contributed by atoms with E-state index in [1.807, 2.05) is 0 Å². The standard InChI is InChI=1S/C28H39N9O6/c1-3-17(4-2)32-23-19-24(34-28(33-23)30-12-10-18-7-5-6-11-29-18)37(13-31-19)27-22(41-15-39)20(40-14-38)21(42-27)26-36-35-25(43-26)16-8-9-16/h13-18,20-22,27,29H,3-12H2,1-2H3,(H2,30,32,33,34)/t18?,20-,21+,22-,27-/m1/s1. The summed E-state index contributed by atoms with van der Waals surface area (Å²) in [7, 11) is 0. The van der Waals surface area contributed by atoms with Crippen molar-refractivity contribution in [3.8, 4) is 0 Å². The number of carbonyl (C=O) groups is 2. The maximum absolute atomic E-state index is 11.6. The highest BCUT2D eigenvalue weighted by Gasteiger charge is 2.52. The summed E-state index contributed by atoms with van der Waals surface area (Å²) in [5.41, 5.74) is 0.992. The van der Waals surface area contributed by atoms with E-state index in [0.717, 1.165) is 45.1 Å². The summed E-state index contributed by atoms with van der Waals surface area (Å²) < 4.78 is 24.7. The number of rotatable bonds is 15. The number of hydrogen-bond donors (Lipinski definition) is 3. The summed E-state index contributed by atoms with van der Waals surface area (Å²) in [5, 5.41) is 18.8. The van der Waals surface area contributed by atoms with Gasteiger partial charge in [-0.2, -0.15) is 9.97 Å². The van der Waals surface area contributed by atoms with Gasteiger partial charge in [0.05, 0.1) is 6.33 Å². The maximum Gasteiger partial charge on any atom is 0.293 e. The molecule has 1 unspecified atom stereocenters. The second-order valence-corrected chi connectivity index (χ2v) is 11.3. The molecule has 0 amide bonds. The molecule has 15 nitrogen and oxygen atoms in total. The van der Waals surface area contributed by atoms with Gasteiger partial charge in [-0.3, -0.25) is 14.2 Å². The Hall–Kier alpha value is -3.85. The zero-order valence-electron chi connectivity index (χ0n) is 24.5. The van der Waals surface area contributed by atoms with Crippen molar-refractivity contribution < 1.29 is 28.2 Å². The molecule has 5 heterocycles. The van der Waals surface area contributed by atoms with Crippen LogP contribution in [0.4, 0.5) is 11.8 Å². The Morgan fingerprint density at radius 3 is 2.58 bits per heavy atom. The zero-order chi connectivity index (χ0) is 29.8. The van der Waals surface area contributed by atoms with Crippen molar-refractivity contribution in [1.29, 1.82) is 0 Å². The molecule has 3 aromatic rings. The average Bonchev–Trinajstić information content (AvgIpc) is 3.44. The van der Waals surface area contributed by atoms with Crippen LogP contribution in [0.25, 0.3) is 11.2 Å². The molecule has 0 spiro atoms. The molecule has 3 N–H and O–H groups in total. The van der Waals surface area contributed by atoms with Gasteiger partial charge in [-0.1, -0.05) is 20.3 Å². The first-order valence-electron chi connectivity index (χ1n) is 15.3. The number of nitrogens with one attached hydrogen (secondary N) is 3. The third-order valence-corrected chi connectivity index (χ3v) is 8.45. The summed E-state index contributed by atoms with van der Waals surface area (Å²) in [4.78, 5) is 37.4. The van der Waals surface area contributed by atoms with Gasteiger partial charge in [0.1, 0.15) is 0 Å². The van der Waals surface area contributed by atoms with Crippen LogP contribution in [0.1, 0.15) is 95.2 Å². The van der Waals surface area contributed by atoms with Gasteiger partial charge in [0.25, 0.3) is 12.9 Å². The van der Waals surface area contributed by atoms with Crippen LogP contribution >= 0.6 is 0 Å². The molecule has 2 aliphatic heterocycles. The number of ether oxygens (including phenoxy) is 3. The number of hydrogen-bond acceptors (Lipinski definition) is 14. The van der Waals surface area contributed by atoms with Gasteiger partial charge in [0, 0.05) is 24.5 Å². The Morgan fingerprint density at radius 2 is 1.86 bits per heavy atom. The molecule has 0 radical (unpaired) electrons. The second-order valence-electron chi connectivity index (χ2n) is 11.3. The van der Waals surface area contributed by atoms with Crippen molar-refractivity contribution >= 4 is 35.9 Å². The van der Waals surface area contributed by atoms with Gasteiger partial charge in [-0.05, 0) is 51.5 Å². The summed E-state index contributed by atoms with van der Waals surface area (Å²) >= 11 is 0. The summed E-state index contributed by atoms with van der Waals surface area (Å²) in [5.74, 6) is 1.90. The van der Waals surface area contributed by atoms with E-state index in [0.29, 0.717) is 47.9 Å². The van der Waals surface area contributed by atoms with E-state index in [2.05, 4.69) is 45.0 Å². The smallest absolute Gasteiger partial charge is 0.293 e. The molecule has 3 aliphatic rings. The molecule has 3 fully saturated rings. The predicted octanol–water partition coefficient (Wildman–Crippen LogP) is 2.98. The van der Waals surface area contributed by atoms with E-state index in [-0.39, 0.29) is 24.3 Å². The van der Waals surface area contributed by atoms with Crippen LogP contribution in [-0.4, -0.2) is 80.0 Å². The van der Waals surface area contributed by atoms with Crippen molar-refractivity contribution in [3.05, 3.63) is 18.1 Å². The van der Waals surface area contributed by atoms with Crippen molar-refractivity contribution in [2.75, 3.05) is 23.7 Å². The van der Waals surface area contributed by atoms with Gasteiger partial charge in [-0.15, -0.1) is 10.2 Å². The van der Waals surface area contributed by atoms with Crippen LogP contribution in [0.2, 0.25) is 0 Å². The molecular formula is C28H39N9O6. The van der Waals surface area contributed by atoms with Crippen LogP contribution in [0, 0.1) is 0 Å². The second kappa shape index (κ2) is 13.2. The van der Waals surface area contributed by atoms with Gasteiger partial charge in [0.15, 0.2) is 41.5 Å². The number of piperidine rings is 1. The fourth-order valence-electron chi connectivity index (χ4n) is 5.84. The van der Waals surface area contributed by atoms with E-state index < -0.39 is 24.5 Å². The Kier molecular flexibility index (Phi) is 8.98. The molecule has 5 atom stereocenters. The first-order chi connectivity index (χ1) is 21.1. The molecular weight excluding hydrogens is 558 g/mol. The van der Waals surface area contributed by atoms with Crippen LogP contribution < -0.4 is 16.0 Å². The number of nitrogens with zero attached hydrogens (tertiary/aromatic N) is 6. The van der Waals surface area contributed by atoms with E-state index in [1.54, 1.807) is 10.9 Å². The van der Waals surface area contributed by atoms with Gasteiger partial charge in [0.2, 0.25) is 17.7 Å². The first-order valence-corrected chi connectivity index (χ1v) is 15.3. The quantitative estimate of drug-likeness (QED) is 0.218. The minimum absolute atomic E-state index is 0.143. The van der Waals surface area contributed by atoms with Crippen molar-refractivity contribution in [1.82, 2.24) is 35.0 Å². The summed E-state index contributed by atoms with van der Waals surface area (Å²) in [6, 6.07) is 0.645. The van der Waals surface area contributed by atoms with Crippen LogP contribution in [0.15, 0.2) is 10.7 Å². The van der Waals surface area contributed by atoms with Gasteiger partial charge < -0.3 is 34.6 Å². The molecule has 15 heteroatoms. The summed E-state index contributed by atoms with van der Waals surface area (Å²) in [6.07, 6.45) is 5.84. The lowest BCUT2D eigenvalue weighted by Crippen LogP contribution is -2.35. The van der Waals surface area contributed by atoms with E-state index in [9.17, 15) is 9.59 Å². The first kappa shape index (κ1) is 29.2.